The highest BCUT2D eigenvalue weighted by atomic mass is 32.2. The molecule has 3 unspecified atom stereocenters. The largest absolute Gasteiger partial charge is 0.481 e. The molecule has 1 saturated heterocycles. The van der Waals surface area contributed by atoms with Gasteiger partial charge in [-0.1, -0.05) is 0 Å². The van der Waals surface area contributed by atoms with Gasteiger partial charge in [-0.15, -0.1) is 11.8 Å². The topological polar surface area (TPSA) is 76.5 Å². The third-order valence-electron chi connectivity index (χ3n) is 2.64. The first kappa shape index (κ1) is 10.6. The number of hydrogen-bond donors (Lipinski definition) is 2. The minimum atomic E-state index is -0.781. The highest BCUT2D eigenvalue weighted by Gasteiger charge is 2.37. The molecule has 82 valence electrons. The van der Waals surface area contributed by atoms with Crippen LogP contribution in [0.2, 0.25) is 0 Å². The molecule has 5 heteroatoms. The summed E-state index contributed by atoms with van der Waals surface area (Å²) in [5, 5.41) is 8.82. The molecule has 0 spiro atoms. The Morgan fingerprint density at radius 2 is 2.53 bits per heavy atom. The molecule has 0 aromatic carbocycles. The van der Waals surface area contributed by atoms with E-state index < -0.39 is 5.97 Å². The molecule has 0 aliphatic carbocycles. The molecule has 3 N–H and O–H groups in total. The van der Waals surface area contributed by atoms with E-state index in [0.29, 0.717) is 0 Å². The van der Waals surface area contributed by atoms with Crippen LogP contribution in [0.5, 0.6) is 0 Å². The van der Waals surface area contributed by atoms with Gasteiger partial charge in [-0.05, 0) is 23.8 Å². The standard InChI is InChI=1S/C10H13NO3S/c11-9-6(4-8(12)13)5-15-10(9)7-2-1-3-14-7/h1-3,6,9-10H,4-5,11H2,(H,12,13). The predicted octanol–water partition coefficient (Wildman–Crippen LogP) is 1.49. The molecule has 0 saturated carbocycles. The Bertz CT molecular complexity index is 338. The van der Waals surface area contributed by atoms with E-state index in [1.165, 1.54) is 0 Å². The van der Waals surface area contributed by atoms with Gasteiger partial charge < -0.3 is 15.3 Å². The van der Waals surface area contributed by atoms with Crippen molar-refractivity contribution in [1.29, 1.82) is 0 Å². The Hall–Kier alpha value is -0.940. The van der Waals surface area contributed by atoms with Crippen molar-refractivity contribution in [2.75, 3.05) is 5.75 Å². The molecule has 3 atom stereocenters. The maximum absolute atomic E-state index is 10.6. The van der Waals surface area contributed by atoms with Crippen LogP contribution >= 0.6 is 11.8 Å². The molecule has 1 aromatic heterocycles. The van der Waals surface area contributed by atoms with Gasteiger partial charge in [0.05, 0.1) is 17.9 Å². The average Bonchev–Trinajstić information content (AvgIpc) is 2.76. The van der Waals surface area contributed by atoms with Gasteiger partial charge >= 0.3 is 5.97 Å². The van der Waals surface area contributed by atoms with Crippen LogP contribution in [0.3, 0.4) is 0 Å². The maximum Gasteiger partial charge on any atom is 0.303 e. The van der Waals surface area contributed by atoms with Crippen molar-refractivity contribution < 1.29 is 14.3 Å². The second-order valence-corrected chi connectivity index (χ2v) is 4.88. The number of hydrogen-bond acceptors (Lipinski definition) is 4. The molecule has 0 bridgehead atoms. The van der Waals surface area contributed by atoms with Crippen LogP contribution in [0.25, 0.3) is 0 Å². The Morgan fingerprint density at radius 1 is 1.73 bits per heavy atom. The molecule has 1 aromatic rings. The summed E-state index contributed by atoms with van der Waals surface area (Å²) < 4.78 is 5.29. The summed E-state index contributed by atoms with van der Waals surface area (Å²) in [5.41, 5.74) is 6.02. The number of aliphatic carboxylic acids is 1. The second kappa shape index (κ2) is 4.28. The van der Waals surface area contributed by atoms with Gasteiger partial charge in [0.2, 0.25) is 0 Å². The van der Waals surface area contributed by atoms with Gasteiger partial charge in [-0.3, -0.25) is 4.79 Å². The normalized spacial score (nSPS) is 30.6. The highest BCUT2D eigenvalue weighted by Crippen LogP contribution is 2.43. The zero-order chi connectivity index (χ0) is 10.8. The van der Waals surface area contributed by atoms with Crippen LogP contribution in [0.4, 0.5) is 0 Å². The zero-order valence-corrected chi connectivity index (χ0v) is 8.94. The number of carboxylic acids is 1. The lowest BCUT2D eigenvalue weighted by Gasteiger charge is -2.16. The molecule has 2 heterocycles. The molecule has 15 heavy (non-hydrogen) atoms. The van der Waals surface area contributed by atoms with Crippen molar-refractivity contribution in [3.8, 4) is 0 Å². The fourth-order valence-electron chi connectivity index (χ4n) is 1.84. The number of thioether (sulfide) groups is 1. The van der Waals surface area contributed by atoms with E-state index in [0.717, 1.165) is 11.5 Å². The second-order valence-electron chi connectivity index (χ2n) is 3.70. The molecule has 2 rings (SSSR count). The first-order valence-electron chi connectivity index (χ1n) is 4.81. The molecule has 1 fully saturated rings. The van der Waals surface area contributed by atoms with E-state index in [4.69, 9.17) is 15.3 Å². The van der Waals surface area contributed by atoms with E-state index in [-0.39, 0.29) is 23.6 Å². The summed E-state index contributed by atoms with van der Waals surface area (Å²) in [7, 11) is 0. The summed E-state index contributed by atoms with van der Waals surface area (Å²) in [6.07, 6.45) is 1.76. The number of carbonyl (C=O) groups is 1. The first-order chi connectivity index (χ1) is 7.18. The quantitative estimate of drug-likeness (QED) is 0.818. The average molecular weight is 227 g/mol. The fourth-order valence-corrected chi connectivity index (χ4v) is 3.38. The number of nitrogens with two attached hydrogens (primary N) is 1. The lowest BCUT2D eigenvalue weighted by atomic mass is 9.95. The van der Waals surface area contributed by atoms with Gasteiger partial charge in [0.1, 0.15) is 5.76 Å². The van der Waals surface area contributed by atoms with Crippen molar-refractivity contribution in [2.24, 2.45) is 11.7 Å². The smallest absolute Gasteiger partial charge is 0.303 e. The molecular weight excluding hydrogens is 214 g/mol. The van der Waals surface area contributed by atoms with Crippen molar-refractivity contribution >= 4 is 17.7 Å². The van der Waals surface area contributed by atoms with Crippen LogP contribution in [-0.4, -0.2) is 22.9 Å². The van der Waals surface area contributed by atoms with Gasteiger partial charge in [-0.2, -0.15) is 0 Å². The first-order valence-corrected chi connectivity index (χ1v) is 5.85. The van der Waals surface area contributed by atoms with Gasteiger partial charge in [0.25, 0.3) is 0 Å². The van der Waals surface area contributed by atoms with E-state index in [2.05, 4.69) is 0 Å². The maximum atomic E-state index is 10.6. The fraction of sp³-hybridized carbons (Fsp3) is 0.500. The van der Waals surface area contributed by atoms with E-state index >= 15 is 0 Å². The summed E-state index contributed by atoms with van der Waals surface area (Å²) >= 11 is 1.68. The SMILES string of the molecule is NC1C(CC(=O)O)CSC1c1ccco1. The van der Waals surface area contributed by atoms with Crippen molar-refractivity contribution in [3.05, 3.63) is 24.2 Å². The van der Waals surface area contributed by atoms with Gasteiger partial charge in [-0.25, -0.2) is 0 Å². The van der Waals surface area contributed by atoms with Crippen LogP contribution in [0, 0.1) is 5.92 Å². The molecular formula is C10H13NO3S. The number of carboxylic acid groups (broad SMARTS) is 1. The van der Waals surface area contributed by atoms with E-state index in [9.17, 15) is 4.79 Å². The Balaban J connectivity index is 2.04. The summed E-state index contributed by atoms with van der Waals surface area (Å²) in [4.78, 5) is 10.6. The minimum absolute atomic E-state index is 0.0441. The Labute approximate surface area is 91.8 Å². The molecule has 1 aliphatic rings. The van der Waals surface area contributed by atoms with Gasteiger partial charge in [0.15, 0.2) is 0 Å². The van der Waals surface area contributed by atoms with Crippen molar-refractivity contribution in [3.63, 3.8) is 0 Å². The minimum Gasteiger partial charge on any atom is -0.481 e. The number of furan rings is 1. The third kappa shape index (κ3) is 2.18. The Kier molecular flexibility index (Phi) is 3.02. The molecule has 0 amide bonds. The monoisotopic (exact) mass is 227 g/mol. The van der Waals surface area contributed by atoms with Gasteiger partial charge in [0, 0.05) is 6.04 Å². The van der Waals surface area contributed by atoms with Crippen LogP contribution < -0.4 is 5.73 Å². The van der Waals surface area contributed by atoms with Crippen LogP contribution in [0.15, 0.2) is 22.8 Å². The predicted molar refractivity (Wildman–Crippen MR) is 57.6 cm³/mol. The Morgan fingerprint density at radius 3 is 3.13 bits per heavy atom. The van der Waals surface area contributed by atoms with Crippen molar-refractivity contribution in [2.45, 2.75) is 17.7 Å². The lowest BCUT2D eigenvalue weighted by molar-refractivity contribution is -0.138. The lowest BCUT2D eigenvalue weighted by Crippen LogP contribution is -2.31. The number of rotatable bonds is 3. The highest BCUT2D eigenvalue weighted by molar-refractivity contribution is 7.99. The van der Waals surface area contributed by atoms with Crippen molar-refractivity contribution in [1.82, 2.24) is 0 Å². The van der Waals surface area contributed by atoms with E-state index in [1.54, 1.807) is 18.0 Å². The molecule has 1 aliphatic heterocycles. The molecule has 4 nitrogen and oxygen atoms in total. The zero-order valence-electron chi connectivity index (χ0n) is 8.13. The molecule has 0 radical (unpaired) electrons. The van der Waals surface area contributed by atoms with Crippen LogP contribution in [0.1, 0.15) is 17.4 Å². The summed E-state index contributed by atoms with van der Waals surface area (Å²) in [5.74, 6) is 0.901. The summed E-state index contributed by atoms with van der Waals surface area (Å²) in [6, 6.07) is 3.59. The van der Waals surface area contributed by atoms with E-state index in [1.807, 2.05) is 12.1 Å². The summed E-state index contributed by atoms with van der Waals surface area (Å²) in [6.45, 7) is 0. The third-order valence-corrected chi connectivity index (χ3v) is 4.17. The van der Waals surface area contributed by atoms with Crippen LogP contribution in [-0.2, 0) is 4.79 Å².